The Labute approximate surface area is 104 Å². The van der Waals surface area contributed by atoms with E-state index < -0.39 is 0 Å². The molecular formula is C14H23N3. The molecule has 1 N–H and O–H groups in total. The molecule has 0 bridgehead atoms. The highest BCUT2D eigenvalue weighted by molar-refractivity contribution is 5.53. The maximum atomic E-state index is 4.30. The summed E-state index contributed by atoms with van der Waals surface area (Å²) in [7, 11) is 0. The van der Waals surface area contributed by atoms with E-state index in [1.54, 1.807) is 0 Å². The van der Waals surface area contributed by atoms with E-state index in [4.69, 9.17) is 0 Å². The first-order chi connectivity index (χ1) is 8.36. The van der Waals surface area contributed by atoms with Crippen molar-refractivity contribution in [3.8, 4) is 0 Å². The Morgan fingerprint density at radius 1 is 1.41 bits per heavy atom. The molecule has 1 saturated carbocycles. The van der Waals surface area contributed by atoms with Crippen molar-refractivity contribution < 1.29 is 0 Å². The van der Waals surface area contributed by atoms with Crippen molar-refractivity contribution in [1.82, 2.24) is 10.3 Å². The van der Waals surface area contributed by atoms with E-state index in [-0.39, 0.29) is 0 Å². The van der Waals surface area contributed by atoms with Gasteiger partial charge in [-0.25, -0.2) is 0 Å². The van der Waals surface area contributed by atoms with Gasteiger partial charge in [-0.1, -0.05) is 13.8 Å². The minimum atomic E-state index is 0.763. The molecule has 0 aliphatic heterocycles. The first-order valence-electron chi connectivity index (χ1n) is 6.77. The molecule has 0 atom stereocenters. The van der Waals surface area contributed by atoms with Gasteiger partial charge in [-0.3, -0.25) is 4.98 Å². The van der Waals surface area contributed by atoms with E-state index >= 15 is 0 Å². The molecule has 0 amide bonds. The second-order valence-electron chi connectivity index (χ2n) is 4.71. The van der Waals surface area contributed by atoms with E-state index in [1.807, 2.05) is 12.4 Å². The zero-order valence-electron chi connectivity index (χ0n) is 10.9. The number of rotatable bonds is 7. The van der Waals surface area contributed by atoms with Gasteiger partial charge in [0.2, 0.25) is 0 Å². The van der Waals surface area contributed by atoms with Crippen molar-refractivity contribution in [2.45, 2.75) is 45.7 Å². The van der Waals surface area contributed by atoms with Crippen LogP contribution < -0.4 is 10.2 Å². The first kappa shape index (κ1) is 12.4. The van der Waals surface area contributed by atoms with Gasteiger partial charge in [-0.2, -0.15) is 0 Å². The lowest BCUT2D eigenvalue weighted by Crippen LogP contribution is -2.28. The van der Waals surface area contributed by atoms with Crippen molar-refractivity contribution in [1.29, 1.82) is 0 Å². The average molecular weight is 233 g/mol. The predicted octanol–water partition coefficient (Wildman–Crippen LogP) is 2.57. The summed E-state index contributed by atoms with van der Waals surface area (Å²) in [5.41, 5.74) is 2.71. The molecule has 2 rings (SSSR count). The van der Waals surface area contributed by atoms with Gasteiger partial charge in [-0.05, 0) is 37.4 Å². The van der Waals surface area contributed by atoms with Crippen LogP contribution in [0.15, 0.2) is 18.5 Å². The van der Waals surface area contributed by atoms with E-state index in [2.05, 4.69) is 35.1 Å². The highest BCUT2D eigenvalue weighted by Gasteiger charge is 2.29. The van der Waals surface area contributed by atoms with Gasteiger partial charge in [0, 0.05) is 25.3 Å². The Morgan fingerprint density at radius 3 is 2.88 bits per heavy atom. The van der Waals surface area contributed by atoms with Gasteiger partial charge < -0.3 is 10.2 Å². The van der Waals surface area contributed by atoms with Crippen LogP contribution in [0.5, 0.6) is 0 Å². The van der Waals surface area contributed by atoms with Gasteiger partial charge in [0.1, 0.15) is 0 Å². The average Bonchev–Trinajstić information content (AvgIpc) is 3.18. The van der Waals surface area contributed by atoms with E-state index in [1.165, 1.54) is 30.5 Å². The standard InChI is InChI=1S/C14H23N3/c1-3-9-17(13-5-6-13)14-11-16-8-7-12(14)10-15-4-2/h7-8,11,13,15H,3-6,9-10H2,1-2H3. The van der Waals surface area contributed by atoms with Crippen LogP contribution in [0.25, 0.3) is 0 Å². The molecule has 0 saturated heterocycles. The molecule has 94 valence electrons. The molecule has 1 aromatic heterocycles. The summed E-state index contributed by atoms with van der Waals surface area (Å²) in [5.74, 6) is 0. The van der Waals surface area contributed by atoms with Crippen LogP contribution in [0.3, 0.4) is 0 Å². The Morgan fingerprint density at radius 2 is 2.24 bits per heavy atom. The van der Waals surface area contributed by atoms with Crippen LogP contribution in [0.1, 0.15) is 38.7 Å². The Kier molecular flexibility index (Phi) is 4.37. The number of hydrogen-bond acceptors (Lipinski definition) is 3. The third-order valence-electron chi connectivity index (χ3n) is 3.21. The summed E-state index contributed by atoms with van der Waals surface area (Å²) in [5, 5.41) is 3.41. The molecule has 0 spiro atoms. The number of nitrogens with zero attached hydrogens (tertiary/aromatic N) is 2. The summed E-state index contributed by atoms with van der Waals surface area (Å²) < 4.78 is 0. The molecule has 1 fully saturated rings. The van der Waals surface area contributed by atoms with Crippen molar-refractivity contribution in [2.75, 3.05) is 18.0 Å². The normalized spacial score (nSPS) is 14.9. The Hall–Kier alpha value is -1.09. The molecule has 1 aliphatic rings. The van der Waals surface area contributed by atoms with Gasteiger partial charge in [-0.15, -0.1) is 0 Å². The molecule has 0 aromatic carbocycles. The van der Waals surface area contributed by atoms with Crippen LogP contribution in [0.2, 0.25) is 0 Å². The summed E-state index contributed by atoms with van der Waals surface area (Å²) in [4.78, 5) is 6.84. The third kappa shape index (κ3) is 3.19. The molecule has 3 heteroatoms. The molecule has 1 aliphatic carbocycles. The minimum Gasteiger partial charge on any atom is -0.367 e. The SMILES string of the molecule is CCCN(c1cnccc1CNCC)C1CC1. The smallest absolute Gasteiger partial charge is 0.0600 e. The first-order valence-corrected chi connectivity index (χ1v) is 6.77. The second-order valence-corrected chi connectivity index (χ2v) is 4.71. The third-order valence-corrected chi connectivity index (χ3v) is 3.21. The number of hydrogen-bond donors (Lipinski definition) is 1. The van der Waals surface area contributed by atoms with E-state index in [0.29, 0.717) is 0 Å². The zero-order valence-corrected chi connectivity index (χ0v) is 10.9. The highest BCUT2D eigenvalue weighted by Crippen LogP contribution is 2.33. The molecule has 0 unspecified atom stereocenters. The van der Waals surface area contributed by atoms with Crippen LogP contribution >= 0.6 is 0 Å². The Balaban J connectivity index is 2.15. The maximum absolute atomic E-state index is 4.30. The lowest BCUT2D eigenvalue weighted by atomic mass is 10.2. The van der Waals surface area contributed by atoms with Crippen LogP contribution in [0.4, 0.5) is 5.69 Å². The van der Waals surface area contributed by atoms with Gasteiger partial charge >= 0.3 is 0 Å². The van der Waals surface area contributed by atoms with Crippen molar-refractivity contribution >= 4 is 5.69 Å². The molecular weight excluding hydrogens is 210 g/mol. The molecule has 0 radical (unpaired) electrons. The van der Waals surface area contributed by atoms with E-state index in [0.717, 1.165) is 25.7 Å². The van der Waals surface area contributed by atoms with Crippen LogP contribution in [0, 0.1) is 0 Å². The summed E-state index contributed by atoms with van der Waals surface area (Å²) in [6, 6.07) is 2.91. The van der Waals surface area contributed by atoms with Gasteiger partial charge in [0.25, 0.3) is 0 Å². The highest BCUT2D eigenvalue weighted by atomic mass is 15.2. The van der Waals surface area contributed by atoms with Crippen molar-refractivity contribution in [3.63, 3.8) is 0 Å². The number of aromatic nitrogens is 1. The quantitative estimate of drug-likeness (QED) is 0.784. The fourth-order valence-corrected chi connectivity index (χ4v) is 2.21. The number of nitrogens with one attached hydrogen (secondary N) is 1. The van der Waals surface area contributed by atoms with Gasteiger partial charge in [0.15, 0.2) is 0 Å². The lowest BCUT2D eigenvalue weighted by Gasteiger charge is -2.26. The van der Waals surface area contributed by atoms with Crippen molar-refractivity contribution in [2.24, 2.45) is 0 Å². The Bertz CT molecular complexity index is 347. The topological polar surface area (TPSA) is 28.2 Å². The fraction of sp³-hybridized carbons (Fsp3) is 0.643. The molecule has 1 heterocycles. The molecule has 3 nitrogen and oxygen atoms in total. The monoisotopic (exact) mass is 233 g/mol. The number of pyridine rings is 1. The lowest BCUT2D eigenvalue weighted by molar-refractivity contribution is 0.708. The molecule has 17 heavy (non-hydrogen) atoms. The van der Waals surface area contributed by atoms with Crippen molar-refractivity contribution in [3.05, 3.63) is 24.0 Å². The second kappa shape index (κ2) is 6.01. The number of anilines is 1. The maximum Gasteiger partial charge on any atom is 0.0600 e. The van der Waals surface area contributed by atoms with Gasteiger partial charge in [0.05, 0.1) is 11.9 Å². The zero-order chi connectivity index (χ0) is 12.1. The fourth-order valence-electron chi connectivity index (χ4n) is 2.21. The largest absolute Gasteiger partial charge is 0.367 e. The van der Waals surface area contributed by atoms with E-state index in [9.17, 15) is 0 Å². The summed E-state index contributed by atoms with van der Waals surface area (Å²) in [6.07, 6.45) is 7.81. The summed E-state index contributed by atoms with van der Waals surface area (Å²) in [6.45, 7) is 7.50. The predicted molar refractivity (Wildman–Crippen MR) is 72.3 cm³/mol. The van der Waals surface area contributed by atoms with Crippen LogP contribution in [-0.2, 0) is 6.54 Å². The minimum absolute atomic E-state index is 0.763. The van der Waals surface area contributed by atoms with Crippen LogP contribution in [-0.4, -0.2) is 24.1 Å². The summed E-state index contributed by atoms with van der Waals surface area (Å²) >= 11 is 0. The molecule has 1 aromatic rings.